The summed E-state index contributed by atoms with van der Waals surface area (Å²) >= 11 is 11.8. The van der Waals surface area contributed by atoms with Gasteiger partial charge in [-0.2, -0.15) is 0 Å². The van der Waals surface area contributed by atoms with Crippen LogP contribution >= 0.6 is 23.2 Å². The van der Waals surface area contributed by atoms with Gasteiger partial charge in [0.05, 0.1) is 10.0 Å². The summed E-state index contributed by atoms with van der Waals surface area (Å²) in [5.74, 6) is 1.53. The molecule has 3 nitrogen and oxygen atoms in total. The van der Waals surface area contributed by atoms with Crippen LogP contribution in [-0.4, -0.2) is 30.9 Å². The third-order valence-corrected chi connectivity index (χ3v) is 4.87. The molecule has 0 radical (unpaired) electrons. The van der Waals surface area contributed by atoms with E-state index in [9.17, 15) is 4.79 Å². The summed E-state index contributed by atoms with van der Waals surface area (Å²) in [5, 5.41) is 4.06. The van der Waals surface area contributed by atoms with E-state index in [0.717, 1.165) is 18.7 Å². The van der Waals surface area contributed by atoms with Crippen LogP contribution < -0.4 is 5.32 Å². The average molecular weight is 299 g/mol. The van der Waals surface area contributed by atoms with Gasteiger partial charge in [-0.3, -0.25) is 4.79 Å². The van der Waals surface area contributed by atoms with Gasteiger partial charge in [0.15, 0.2) is 0 Å². The second-order valence-corrected chi connectivity index (χ2v) is 6.36. The average Bonchev–Trinajstić information content (AvgIpc) is 2.88. The number of benzene rings is 1. The van der Waals surface area contributed by atoms with Crippen LogP contribution in [0.5, 0.6) is 0 Å². The van der Waals surface area contributed by atoms with Crippen LogP contribution in [0.15, 0.2) is 18.2 Å². The van der Waals surface area contributed by atoms with Crippen molar-refractivity contribution >= 4 is 29.1 Å². The molecule has 1 amide bonds. The lowest BCUT2D eigenvalue weighted by Crippen LogP contribution is -2.30. The molecule has 0 spiro atoms. The molecule has 2 aliphatic rings. The predicted molar refractivity (Wildman–Crippen MR) is 76.3 cm³/mol. The topological polar surface area (TPSA) is 32.3 Å². The van der Waals surface area contributed by atoms with Crippen molar-refractivity contribution in [3.8, 4) is 0 Å². The van der Waals surface area contributed by atoms with Gasteiger partial charge >= 0.3 is 0 Å². The van der Waals surface area contributed by atoms with E-state index < -0.39 is 0 Å². The van der Waals surface area contributed by atoms with Crippen molar-refractivity contribution in [3.63, 3.8) is 0 Å². The van der Waals surface area contributed by atoms with Crippen LogP contribution in [0.3, 0.4) is 0 Å². The number of fused-ring (bicyclic) bond motifs is 1. The zero-order chi connectivity index (χ0) is 13.6. The van der Waals surface area contributed by atoms with Crippen molar-refractivity contribution in [2.75, 3.05) is 20.1 Å². The summed E-state index contributed by atoms with van der Waals surface area (Å²) in [6, 6.07) is 5.44. The Morgan fingerprint density at radius 2 is 2.00 bits per heavy atom. The smallest absolute Gasteiger partial charge is 0.224 e. The van der Waals surface area contributed by atoms with Gasteiger partial charge in [0, 0.05) is 25.6 Å². The Bertz CT molecular complexity index is 508. The lowest BCUT2D eigenvalue weighted by Gasteiger charge is -2.13. The van der Waals surface area contributed by atoms with Crippen LogP contribution in [-0.2, 0) is 11.3 Å². The SMILES string of the molecule is CN1CC2C(C1)C2C(=O)NCc1ccc(Cl)c(Cl)c1. The van der Waals surface area contributed by atoms with E-state index >= 15 is 0 Å². The first-order valence-electron chi connectivity index (χ1n) is 6.46. The molecule has 1 saturated carbocycles. The number of hydrogen-bond acceptors (Lipinski definition) is 2. The van der Waals surface area contributed by atoms with Gasteiger partial charge < -0.3 is 10.2 Å². The third kappa shape index (κ3) is 2.60. The van der Waals surface area contributed by atoms with E-state index in [2.05, 4.69) is 17.3 Å². The van der Waals surface area contributed by atoms with Gasteiger partial charge in [-0.05, 0) is 36.6 Å². The van der Waals surface area contributed by atoms with E-state index in [-0.39, 0.29) is 11.8 Å². The van der Waals surface area contributed by atoms with Gasteiger partial charge in [0.25, 0.3) is 0 Å². The van der Waals surface area contributed by atoms with Gasteiger partial charge in [-0.1, -0.05) is 29.3 Å². The number of halogens is 2. The molecule has 1 heterocycles. The number of nitrogens with zero attached hydrogens (tertiary/aromatic N) is 1. The standard InChI is InChI=1S/C14H16Cl2N2O/c1-18-6-9-10(7-18)13(9)14(19)17-5-8-2-3-11(15)12(16)4-8/h2-4,9-10,13H,5-7H2,1H3,(H,17,19). The normalized spacial score (nSPS) is 29.1. The van der Waals surface area contributed by atoms with Crippen molar-refractivity contribution in [1.29, 1.82) is 0 Å². The molecule has 1 N–H and O–H groups in total. The van der Waals surface area contributed by atoms with Crippen molar-refractivity contribution in [1.82, 2.24) is 10.2 Å². The predicted octanol–water partition coefficient (Wildman–Crippen LogP) is 2.42. The maximum Gasteiger partial charge on any atom is 0.224 e. The highest BCUT2D eigenvalue weighted by Gasteiger charge is 2.58. The van der Waals surface area contributed by atoms with E-state index in [0.29, 0.717) is 28.4 Å². The quantitative estimate of drug-likeness (QED) is 0.929. The molecule has 1 aliphatic carbocycles. The van der Waals surface area contributed by atoms with Crippen molar-refractivity contribution in [2.24, 2.45) is 17.8 Å². The van der Waals surface area contributed by atoms with Gasteiger partial charge in [0.2, 0.25) is 5.91 Å². The Morgan fingerprint density at radius 3 is 2.63 bits per heavy atom. The fourth-order valence-corrected chi connectivity index (χ4v) is 3.40. The highest BCUT2D eigenvalue weighted by Crippen LogP contribution is 2.51. The lowest BCUT2D eigenvalue weighted by molar-refractivity contribution is -0.123. The van der Waals surface area contributed by atoms with Crippen LogP contribution in [0.1, 0.15) is 5.56 Å². The monoisotopic (exact) mass is 298 g/mol. The van der Waals surface area contributed by atoms with E-state index in [4.69, 9.17) is 23.2 Å². The van der Waals surface area contributed by atoms with Crippen molar-refractivity contribution in [3.05, 3.63) is 33.8 Å². The fourth-order valence-electron chi connectivity index (χ4n) is 3.08. The largest absolute Gasteiger partial charge is 0.352 e. The molecule has 2 fully saturated rings. The zero-order valence-electron chi connectivity index (χ0n) is 10.7. The van der Waals surface area contributed by atoms with Gasteiger partial charge in [0.1, 0.15) is 0 Å². The molecule has 2 unspecified atom stereocenters. The summed E-state index contributed by atoms with van der Waals surface area (Å²) in [4.78, 5) is 14.4. The molecule has 19 heavy (non-hydrogen) atoms. The maximum atomic E-state index is 12.1. The molecule has 3 rings (SSSR count). The fraction of sp³-hybridized carbons (Fsp3) is 0.500. The minimum atomic E-state index is 0.175. The molecule has 1 aromatic rings. The Hall–Kier alpha value is -0.770. The van der Waals surface area contributed by atoms with Gasteiger partial charge in [-0.25, -0.2) is 0 Å². The Kier molecular flexibility index (Phi) is 3.46. The number of hydrogen-bond donors (Lipinski definition) is 1. The molecule has 1 aliphatic heterocycles. The molecule has 1 saturated heterocycles. The van der Waals surface area contributed by atoms with E-state index in [1.165, 1.54) is 0 Å². The van der Waals surface area contributed by atoms with E-state index in [1.54, 1.807) is 12.1 Å². The maximum absolute atomic E-state index is 12.1. The van der Waals surface area contributed by atoms with Crippen LogP contribution in [0.25, 0.3) is 0 Å². The second kappa shape index (κ2) is 4.97. The summed E-state index contributed by atoms with van der Waals surface area (Å²) < 4.78 is 0. The molecule has 102 valence electrons. The zero-order valence-corrected chi connectivity index (χ0v) is 12.2. The Balaban J connectivity index is 1.53. The van der Waals surface area contributed by atoms with Crippen LogP contribution in [0.2, 0.25) is 10.0 Å². The summed E-state index contributed by atoms with van der Waals surface area (Å²) in [6.07, 6.45) is 0. The van der Waals surface area contributed by atoms with Crippen LogP contribution in [0.4, 0.5) is 0 Å². The number of amides is 1. The third-order valence-electron chi connectivity index (χ3n) is 4.13. The number of carbonyl (C=O) groups excluding carboxylic acids is 1. The highest BCUT2D eigenvalue weighted by atomic mass is 35.5. The van der Waals surface area contributed by atoms with E-state index in [1.807, 2.05) is 6.07 Å². The highest BCUT2D eigenvalue weighted by molar-refractivity contribution is 6.42. The number of nitrogens with one attached hydrogen (secondary N) is 1. The van der Waals surface area contributed by atoms with Crippen molar-refractivity contribution < 1.29 is 4.79 Å². The number of likely N-dealkylation sites (tertiary alicyclic amines) is 1. The Labute approximate surface area is 122 Å². The van der Waals surface area contributed by atoms with Crippen molar-refractivity contribution in [2.45, 2.75) is 6.54 Å². The number of piperidine rings is 1. The minimum Gasteiger partial charge on any atom is -0.352 e. The number of rotatable bonds is 3. The lowest BCUT2D eigenvalue weighted by atomic mass is 10.2. The Morgan fingerprint density at radius 1 is 1.32 bits per heavy atom. The number of carbonyl (C=O) groups is 1. The van der Waals surface area contributed by atoms with Gasteiger partial charge in [-0.15, -0.1) is 0 Å². The summed E-state index contributed by atoms with van der Waals surface area (Å²) in [5.41, 5.74) is 0.977. The molecule has 1 aromatic carbocycles. The minimum absolute atomic E-state index is 0.175. The molecule has 5 heteroatoms. The molecule has 0 bridgehead atoms. The molecular formula is C14H16Cl2N2O. The first-order chi connectivity index (χ1) is 9.06. The first kappa shape index (κ1) is 13.2. The molecule has 0 aromatic heterocycles. The summed E-state index contributed by atoms with van der Waals surface area (Å²) in [6.45, 7) is 2.62. The van der Waals surface area contributed by atoms with Crippen LogP contribution in [0, 0.1) is 17.8 Å². The summed E-state index contributed by atoms with van der Waals surface area (Å²) in [7, 11) is 2.11. The molecular weight excluding hydrogens is 283 g/mol. The second-order valence-electron chi connectivity index (χ2n) is 5.54. The molecule has 2 atom stereocenters. The first-order valence-corrected chi connectivity index (χ1v) is 7.22.